The maximum absolute atomic E-state index is 11.3. The number of rotatable bonds is 1. The van der Waals surface area contributed by atoms with Crippen LogP contribution in [0.5, 0.6) is 0 Å². The van der Waals surface area contributed by atoms with Crippen LogP contribution in [0.25, 0.3) is 0 Å². The highest BCUT2D eigenvalue weighted by molar-refractivity contribution is 6.01. The fourth-order valence-electron chi connectivity index (χ4n) is 1.62. The molecule has 0 bridgehead atoms. The standard InChI is InChI=1S/C10H9NO2/c12-10-4-2-8-5-7(6-11-13)1-3-9(8)10/h1,3,5-6,13H,2,4H2. The van der Waals surface area contributed by atoms with Gasteiger partial charge >= 0.3 is 0 Å². The van der Waals surface area contributed by atoms with E-state index in [0.717, 1.165) is 23.1 Å². The van der Waals surface area contributed by atoms with Crippen molar-refractivity contribution >= 4 is 12.0 Å². The molecule has 0 atom stereocenters. The van der Waals surface area contributed by atoms with Crippen molar-refractivity contribution < 1.29 is 10.0 Å². The summed E-state index contributed by atoms with van der Waals surface area (Å²) in [6.45, 7) is 0. The molecule has 0 heterocycles. The Kier molecular flexibility index (Phi) is 1.85. The van der Waals surface area contributed by atoms with Gasteiger partial charge in [0.15, 0.2) is 5.78 Å². The van der Waals surface area contributed by atoms with Gasteiger partial charge < -0.3 is 5.21 Å². The first-order valence-electron chi connectivity index (χ1n) is 4.15. The molecule has 0 aromatic heterocycles. The van der Waals surface area contributed by atoms with Gasteiger partial charge in [0.1, 0.15) is 0 Å². The lowest BCUT2D eigenvalue weighted by molar-refractivity contribution is 0.0994. The topological polar surface area (TPSA) is 49.7 Å². The number of Topliss-reactive ketones (excluding diaryl/α,β-unsaturated/α-hetero) is 1. The average Bonchev–Trinajstić information content (AvgIpc) is 2.48. The van der Waals surface area contributed by atoms with Crippen molar-refractivity contribution in [3.63, 3.8) is 0 Å². The molecule has 3 heteroatoms. The number of carbonyl (C=O) groups excluding carboxylic acids is 1. The zero-order valence-electron chi connectivity index (χ0n) is 7.03. The predicted octanol–water partition coefficient (Wildman–Crippen LogP) is 1.62. The van der Waals surface area contributed by atoms with Crippen molar-refractivity contribution in [2.24, 2.45) is 5.16 Å². The molecule has 0 unspecified atom stereocenters. The van der Waals surface area contributed by atoms with Gasteiger partial charge in [0.2, 0.25) is 0 Å². The fourth-order valence-corrected chi connectivity index (χ4v) is 1.62. The van der Waals surface area contributed by atoms with E-state index in [2.05, 4.69) is 5.16 Å². The Bertz CT molecular complexity index is 383. The van der Waals surface area contributed by atoms with Gasteiger partial charge in [0.05, 0.1) is 6.21 Å². The molecule has 1 aliphatic carbocycles. The van der Waals surface area contributed by atoms with E-state index in [9.17, 15) is 4.79 Å². The molecular weight excluding hydrogens is 166 g/mol. The second-order valence-electron chi connectivity index (χ2n) is 3.08. The van der Waals surface area contributed by atoms with E-state index >= 15 is 0 Å². The van der Waals surface area contributed by atoms with Crippen LogP contribution < -0.4 is 0 Å². The van der Waals surface area contributed by atoms with Gasteiger partial charge in [0.25, 0.3) is 0 Å². The number of nitrogens with zero attached hydrogens (tertiary/aromatic N) is 1. The Labute approximate surface area is 75.7 Å². The van der Waals surface area contributed by atoms with Crippen molar-refractivity contribution in [2.45, 2.75) is 12.8 Å². The first-order chi connectivity index (χ1) is 6.31. The lowest BCUT2D eigenvalue weighted by Gasteiger charge is -1.97. The molecule has 0 aliphatic heterocycles. The number of benzene rings is 1. The van der Waals surface area contributed by atoms with Crippen LogP contribution in [0.1, 0.15) is 27.9 Å². The zero-order chi connectivity index (χ0) is 9.26. The molecule has 2 rings (SSSR count). The number of hydrogen-bond donors (Lipinski definition) is 1. The lowest BCUT2D eigenvalue weighted by Crippen LogP contribution is -1.91. The predicted molar refractivity (Wildman–Crippen MR) is 48.5 cm³/mol. The fraction of sp³-hybridized carbons (Fsp3) is 0.200. The summed E-state index contributed by atoms with van der Waals surface area (Å²) in [6, 6.07) is 5.46. The highest BCUT2D eigenvalue weighted by Gasteiger charge is 2.18. The van der Waals surface area contributed by atoms with Crippen LogP contribution in [0.3, 0.4) is 0 Å². The summed E-state index contributed by atoms with van der Waals surface area (Å²) in [6.07, 6.45) is 2.78. The Hall–Kier alpha value is -1.64. The van der Waals surface area contributed by atoms with Crippen LogP contribution >= 0.6 is 0 Å². The van der Waals surface area contributed by atoms with E-state index in [4.69, 9.17) is 5.21 Å². The van der Waals surface area contributed by atoms with Gasteiger partial charge in [-0.2, -0.15) is 0 Å². The molecular formula is C10H9NO2. The Morgan fingerprint density at radius 2 is 2.23 bits per heavy atom. The third kappa shape index (κ3) is 1.33. The lowest BCUT2D eigenvalue weighted by atomic mass is 10.1. The summed E-state index contributed by atoms with van der Waals surface area (Å²) < 4.78 is 0. The van der Waals surface area contributed by atoms with Gasteiger partial charge in [-0.15, -0.1) is 0 Å². The van der Waals surface area contributed by atoms with Crippen LogP contribution in [0, 0.1) is 0 Å². The SMILES string of the molecule is O=C1CCc2cc(C=NO)ccc21. The van der Waals surface area contributed by atoms with E-state index in [1.807, 2.05) is 6.07 Å². The minimum atomic E-state index is 0.211. The molecule has 0 spiro atoms. The van der Waals surface area contributed by atoms with Gasteiger partial charge in [0, 0.05) is 12.0 Å². The van der Waals surface area contributed by atoms with Crippen molar-refractivity contribution in [3.05, 3.63) is 34.9 Å². The number of aryl methyl sites for hydroxylation is 1. The molecule has 66 valence electrons. The first kappa shape index (κ1) is 7.98. The Balaban J connectivity index is 2.45. The van der Waals surface area contributed by atoms with E-state index in [-0.39, 0.29) is 5.78 Å². The van der Waals surface area contributed by atoms with Gasteiger partial charge in [-0.05, 0) is 23.6 Å². The van der Waals surface area contributed by atoms with Crippen molar-refractivity contribution in [1.82, 2.24) is 0 Å². The van der Waals surface area contributed by atoms with Gasteiger partial charge in [-0.3, -0.25) is 4.79 Å². The third-order valence-electron chi connectivity index (χ3n) is 2.26. The van der Waals surface area contributed by atoms with Crippen molar-refractivity contribution in [3.8, 4) is 0 Å². The summed E-state index contributed by atoms with van der Waals surface area (Å²) in [4.78, 5) is 11.3. The zero-order valence-corrected chi connectivity index (χ0v) is 7.03. The molecule has 1 aliphatic rings. The minimum absolute atomic E-state index is 0.211. The maximum Gasteiger partial charge on any atom is 0.163 e. The number of fused-ring (bicyclic) bond motifs is 1. The van der Waals surface area contributed by atoms with Crippen LogP contribution in [-0.4, -0.2) is 17.2 Å². The summed E-state index contributed by atoms with van der Waals surface area (Å²) in [5, 5.41) is 11.3. The molecule has 1 aromatic rings. The summed E-state index contributed by atoms with van der Waals surface area (Å²) in [5.41, 5.74) is 2.70. The monoisotopic (exact) mass is 175 g/mol. The van der Waals surface area contributed by atoms with Gasteiger partial charge in [-0.1, -0.05) is 17.3 Å². The quantitative estimate of drug-likeness (QED) is 0.400. The Morgan fingerprint density at radius 1 is 1.38 bits per heavy atom. The molecule has 1 aromatic carbocycles. The van der Waals surface area contributed by atoms with Crippen molar-refractivity contribution in [1.29, 1.82) is 0 Å². The molecule has 13 heavy (non-hydrogen) atoms. The highest BCUT2D eigenvalue weighted by atomic mass is 16.4. The van der Waals surface area contributed by atoms with Gasteiger partial charge in [-0.25, -0.2) is 0 Å². The molecule has 0 saturated carbocycles. The van der Waals surface area contributed by atoms with E-state index in [0.29, 0.717) is 6.42 Å². The third-order valence-corrected chi connectivity index (χ3v) is 2.26. The van der Waals surface area contributed by atoms with E-state index in [1.54, 1.807) is 12.1 Å². The van der Waals surface area contributed by atoms with Crippen LogP contribution in [-0.2, 0) is 6.42 Å². The second kappa shape index (κ2) is 3.01. The maximum atomic E-state index is 11.3. The molecule has 0 saturated heterocycles. The molecule has 0 radical (unpaired) electrons. The van der Waals surface area contributed by atoms with Crippen LogP contribution in [0.2, 0.25) is 0 Å². The number of ketones is 1. The van der Waals surface area contributed by atoms with Crippen LogP contribution in [0.15, 0.2) is 23.4 Å². The molecule has 0 amide bonds. The van der Waals surface area contributed by atoms with E-state index in [1.165, 1.54) is 6.21 Å². The smallest absolute Gasteiger partial charge is 0.163 e. The highest BCUT2D eigenvalue weighted by Crippen LogP contribution is 2.22. The Morgan fingerprint density at radius 3 is 3.00 bits per heavy atom. The summed E-state index contributed by atoms with van der Waals surface area (Å²) in [7, 11) is 0. The van der Waals surface area contributed by atoms with Crippen molar-refractivity contribution in [2.75, 3.05) is 0 Å². The van der Waals surface area contributed by atoms with Crippen LogP contribution in [0.4, 0.5) is 0 Å². The number of oxime groups is 1. The first-order valence-corrected chi connectivity index (χ1v) is 4.15. The summed E-state index contributed by atoms with van der Waals surface area (Å²) in [5.74, 6) is 0.211. The normalized spacial score (nSPS) is 15.2. The second-order valence-corrected chi connectivity index (χ2v) is 3.08. The molecule has 0 fully saturated rings. The molecule has 3 nitrogen and oxygen atoms in total. The minimum Gasteiger partial charge on any atom is -0.411 e. The largest absolute Gasteiger partial charge is 0.411 e. The summed E-state index contributed by atoms with van der Waals surface area (Å²) >= 11 is 0. The van der Waals surface area contributed by atoms with E-state index < -0.39 is 0 Å². The number of hydrogen-bond acceptors (Lipinski definition) is 3. The number of carbonyl (C=O) groups is 1. The molecule has 1 N–H and O–H groups in total. The average molecular weight is 175 g/mol.